The molecule has 0 fully saturated rings. The van der Waals surface area contributed by atoms with Crippen molar-refractivity contribution in [2.24, 2.45) is 0 Å². The molecule has 0 aromatic heterocycles. The smallest absolute Gasteiger partial charge is 0.330 e. The van der Waals surface area contributed by atoms with Crippen LogP contribution in [0.3, 0.4) is 0 Å². The van der Waals surface area contributed by atoms with Gasteiger partial charge in [0.15, 0.2) is 0 Å². The molecular formula is C25H22FNO3. The van der Waals surface area contributed by atoms with Gasteiger partial charge in [-0.1, -0.05) is 60.2 Å². The molecule has 30 heavy (non-hydrogen) atoms. The normalized spacial score (nSPS) is 17.4. The Morgan fingerprint density at radius 2 is 1.57 bits per heavy atom. The number of aryl methyl sites for hydroxylation is 1. The van der Waals surface area contributed by atoms with Crippen LogP contribution < -0.4 is 5.32 Å². The molecule has 0 aliphatic heterocycles. The van der Waals surface area contributed by atoms with Crippen LogP contribution >= 0.6 is 0 Å². The maximum absolute atomic E-state index is 13.1. The summed E-state index contributed by atoms with van der Waals surface area (Å²) in [5.41, 5.74) is 4.38. The fraction of sp³-hybridized carbons (Fsp3) is 0.200. The van der Waals surface area contributed by atoms with Crippen molar-refractivity contribution in [1.82, 2.24) is 5.32 Å². The predicted octanol–water partition coefficient (Wildman–Crippen LogP) is 4.08. The Labute approximate surface area is 174 Å². The van der Waals surface area contributed by atoms with Crippen LogP contribution in [0.4, 0.5) is 4.39 Å². The zero-order chi connectivity index (χ0) is 21.3. The number of rotatable bonds is 5. The highest BCUT2D eigenvalue weighted by Gasteiger charge is 2.45. The van der Waals surface area contributed by atoms with Gasteiger partial charge >= 0.3 is 5.97 Å². The average Bonchev–Trinajstić information content (AvgIpc) is 3.09. The van der Waals surface area contributed by atoms with Gasteiger partial charge in [-0.2, -0.15) is 0 Å². The number of nitrogens with one attached hydrogen (secondary N) is 1. The Kier molecular flexibility index (Phi) is 5.12. The van der Waals surface area contributed by atoms with Crippen LogP contribution in [-0.2, 0) is 28.9 Å². The van der Waals surface area contributed by atoms with E-state index in [1.807, 2.05) is 49.4 Å². The number of aliphatic carboxylic acids is 1. The third kappa shape index (κ3) is 3.96. The van der Waals surface area contributed by atoms with Gasteiger partial charge in [0.05, 0.1) is 6.42 Å². The lowest BCUT2D eigenvalue weighted by atomic mass is 9.95. The van der Waals surface area contributed by atoms with E-state index in [1.54, 1.807) is 0 Å². The molecule has 152 valence electrons. The molecule has 1 unspecified atom stereocenters. The molecule has 0 heterocycles. The summed E-state index contributed by atoms with van der Waals surface area (Å²) in [6.45, 7) is 2.03. The number of halogens is 1. The van der Waals surface area contributed by atoms with Gasteiger partial charge in [0.25, 0.3) is 0 Å². The molecule has 4 nitrogen and oxygen atoms in total. The minimum atomic E-state index is -1.37. The highest BCUT2D eigenvalue weighted by Crippen LogP contribution is 2.34. The van der Waals surface area contributed by atoms with Crippen molar-refractivity contribution in [3.05, 3.63) is 94.8 Å². The first kappa shape index (κ1) is 19.8. The second-order valence-corrected chi connectivity index (χ2v) is 7.94. The molecule has 5 heteroatoms. The molecular weight excluding hydrogens is 381 g/mol. The van der Waals surface area contributed by atoms with Gasteiger partial charge in [-0.3, -0.25) is 4.79 Å². The van der Waals surface area contributed by atoms with E-state index >= 15 is 0 Å². The quantitative estimate of drug-likeness (QED) is 0.675. The fourth-order valence-electron chi connectivity index (χ4n) is 3.99. The number of hydrogen-bond donors (Lipinski definition) is 2. The average molecular weight is 403 g/mol. The summed E-state index contributed by atoms with van der Waals surface area (Å²) in [4.78, 5) is 24.7. The van der Waals surface area contributed by atoms with Gasteiger partial charge in [0.1, 0.15) is 11.4 Å². The van der Waals surface area contributed by atoms with Crippen LogP contribution in [0.25, 0.3) is 11.1 Å². The summed E-state index contributed by atoms with van der Waals surface area (Å²) in [6, 6.07) is 19.7. The van der Waals surface area contributed by atoms with Gasteiger partial charge in [-0.25, -0.2) is 9.18 Å². The molecule has 3 aromatic rings. The molecule has 0 saturated carbocycles. The molecule has 1 aliphatic carbocycles. The van der Waals surface area contributed by atoms with Crippen LogP contribution in [0, 0.1) is 12.7 Å². The van der Waals surface area contributed by atoms with Crippen LogP contribution in [-0.4, -0.2) is 22.5 Å². The van der Waals surface area contributed by atoms with E-state index in [9.17, 15) is 19.1 Å². The number of carboxylic acids is 1. The largest absolute Gasteiger partial charge is 0.479 e. The lowest BCUT2D eigenvalue weighted by Crippen LogP contribution is -2.55. The van der Waals surface area contributed by atoms with Crippen LogP contribution in [0.5, 0.6) is 0 Å². The Morgan fingerprint density at radius 1 is 0.933 bits per heavy atom. The SMILES string of the molecule is Cc1ccc(-c2ccc3c(c2)CC(NC(=O)Cc2ccc(F)cc2)(C(=O)O)C3)cc1. The fourth-order valence-corrected chi connectivity index (χ4v) is 3.99. The van der Waals surface area contributed by atoms with Crippen molar-refractivity contribution in [2.75, 3.05) is 0 Å². The summed E-state index contributed by atoms with van der Waals surface area (Å²) >= 11 is 0. The molecule has 1 aliphatic rings. The Hall–Kier alpha value is -3.47. The summed E-state index contributed by atoms with van der Waals surface area (Å²) < 4.78 is 13.1. The maximum Gasteiger partial charge on any atom is 0.330 e. The minimum absolute atomic E-state index is 0.000270. The van der Waals surface area contributed by atoms with Crippen molar-refractivity contribution >= 4 is 11.9 Å². The zero-order valence-electron chi connectivity index (χ0n) is 16.6. The third-order valence-corrected chi connectivity index (χ3v) is 5.64. The number of amides is 1. The Bertz CT molecular complexity index is 1110. The maximum atomic E-state index is 13.1. The van der Waals surface area contributed by atoms with Crippen LogP contribution in [0.15, 0.2) is 66.7 Å². The van der Waals surface area contributed by atoms with Crippen molar-refractivity contribution < 1.29 is 19.1 Å². The molecule has 1 amide bonds. The summed E-state index contributed by atoms with van der Waals surface area (Å²) in [5, 5.41) is 12.7. The van der Waals surface area contributed by atoms with Crippen LogP contribution in [0.2, 0.25) is 0 Å². The summed E-state index contributed by atoms with van der Waals surface area (Å²) in [7, 11) is 0. The topological polar surface area (TPSA) is 66.4 Å². The van der Waals surface area contributed by atoms with Gasteiger partial charge < -0.3 is 10.4 Å². The molecule has 2 N–H and O–H groups in total. The molecule has 1 atom stereocenters. The number of benzene rings is 3. The van der Waals surface area contributed by atoms with Gasteiger partial charge in [-0.05, 0) is 46.9 Å². The number of hydrogen-bond acceptors (Lipinski definition) is 2. The van der Waals surface area contributed by atoms with E-state index in [1.165, 1.54) is 29.8 Å². The van der Waals surface area contributed by atoms with Crippen LogP contribution in [0.1, 0.15) is 22.3 Å². The molecule has 0 spiro atoms. The molecule has 4 rings (SSSR count). The third-order valence-electron chi connectivity index (χ3n) is 5.64. The molecule has 0 bridgehead atoms. The standard InChI is InChI=1S/C25H22FNO3/c1-16-2-6-18(7-3-16)19-8-9-20-14-25(24(29)30,15-21(20)13-19)27-23(28)12-17-4-10-22(26)11-5-17/h2-11,13H,12,14-15H2,1H3,(H,27,28)(H,29,30). The van der Waals surface area contributed by atoms with E-state index in [-0.39, 0.29) is 25.1 Å². The van der Waals surface area contributed by atoms with Crippen molar-refractivity contribution in [3.63, 3.8) is 0 Å². The van der Waals surface area contributed by atoms with E-state index in [4.69, 9.17) is 0 Å². The Balaban J connectivity index is 1.54. The lowest BCUT2D eigenvalue weighted by molar-refractivity contribution is -0.147. The summed E-state index contributed by atoms with van der Waals surface area (Å²) in [6.07, 6.45) is 0.466. The van der Waals surface area contributed by atoms with Gasteiger partial charge in [-0.15, -0.1) is 0 Å². The predicted molar refractivity (Wildman–Crippen MR) is 113 cm³/mol. The number of carbonyl (C=O) groups is 2. The molecule has 3 aromatic carbocycles. The molecule has 0 saturated heterocycles. The second kappa shape index (κ2) is 7.75. The first-order valence-electron chi connectivity index (χ1n) is 9.82. The van der Waals surface area contributed by atoms with E-state index < -0.39 is 17.4 Å². The van der Waals surface area contributed by atoms with Crippen molar-refractivity contribution in [1.29, 1.82) is 0 Å². The Morgan fingerprint density at radius 3 is 2.23 bits per heavy atom. The van der Waals surface area contributed by atoms with Gasteiger partial charge in [0, 0.05) is 12.8 Å². The first-order chi connectivity index (χ1) is 14.3. The van der Waals surface area contributed by atoms with E-state index in [0.29, 0.717) is 5.56 Å². The number of carbonyl (C=O) groups excluding carboxylic acids is 1. The molecule has 0 radical (unpaired) electrons. The minimum Gasteiger partial charge on any atom is -0.479 e. The van der Waals surface area contributed by atoms with Crippen molar-refractivity contribution in [3.8, 4) is 11.1 Å². The van der Waals surface area contributed by atoms with E-state index in [2.05, 4.69) is 5.32 Å². The summed E-state index contributed by atoms with van der Waals surface area (Å²) in [5.74, 6) is -1.82. The second-order valence-electron chi connectivity index (χ2n) is 7.94. The first-order valence-corrected chi connectivity index (χ1v) is 9.82. The highest BCUT2D eigenvalue weighted by molar-refractivity contribution is 5.89. The highest BCUT2D eigenvalue weighted by atomic mass is 19.1. The van der Waals surface area contributed by atoms with Gasteiger partial charge in [0.2, 0.25) is 5.91 Å². The van der Waals surface area contributed by atoms with E-state index in [0.717, 1.165) is 22.3 Å². The lowest BCUT2D eigenvalue weighted by Gasteiger charge is -2.25. The number of carboxylic acid groups (broad SMARTS) is 1. The number of fused-ring (bicyclic) bond motifs is 1. The monoisotopic (exact) mass is 403 g/mol. The van der Waals surface area contributed by atoms with Crippen molar-refractivity contribution in [2.45, 2.75) is 31.7 Å². The zero-order valence-corrected chi connectivity index (χ0v) is 16.6.